The predicted molar refractivity (Wildman–Crippen MR) is 111 cm³/mol. The third kappa shape index (κ3) is 4.40. The van der Waals surface area contributed by atoms with E-state index in [1.54, 1.807) is 17.0 Å². The molecule has 1 aromatic carbocycles. The van der Waals surface area contributed by atoms with Crippen molar-refractivity contribution < 1.29 is 9.18 Å². The van der Waals surface area contributed by atoms with Gasteiger partial charge >= 0.3 is 0 Å². The first-order chi connectivity index (χ1) is 14.0. The summed E-state index contributed by atoms with van der Waals surface area (Å²) < 4.78 is 13.2. The number of benzene rings is 1. The van der Waals surface area contributed by atoms with Crippen molar-refractivity contribution in [1.29, 1.82) is 0 Å². The number of amides is 1. The Bertz CT molecular complexity index is 866. The second-order valence-electron chi connectivity index (χ2n) is 8.08. The number of hydrogen-bond acceptors (Lipinski definition) is 5. The lowest BCUT2D eigenvalue weighted by atomic mass is 10.0. The highest BCUT2D eigenvalue weighted by Gasteiger charge is 2.33. The highest BCUT2D eigenvalue weighted by Crippen LogP contribution is 2.32. The standard InChI is InChI=1S/C22H28FN5O/c1-24-20-12-19(25-21(26-20)14-27(2)17-5-3-4-6-17)15-11-22(29)28(13-15)18-9-7-16(23)8-10-18/h7-10,12,15,17H,3-6,11,13-14H2,1-2H3,(H,24,25,26)/t15-/m1/s1. The van der Waals surface area contributed by atoms with Crippen molar-refractivity contribution in [3.63, 3.8) is 0 Å². The minimum atomic E-state index is -0.303. The summed E-state index contributed by atoms with van der Waals surface area (Å²) in [5.74, 6) is 1.29. The van der Waals surface area contributed by atoms with Crippen LogP contribution in [0.15, 0.2) is 30.3 Å². The Morgan fingerprint density at radius 2 is 1.93 bits per heavy atom. The van der Waals surface area contributed by atoms with Crippen molar-refractivity contribution in [2.24, 2.45) is 0 Å². The van der Waals surface area contributed by atoms with E-state index in [4.69, 9.17) is 4.98 Å². The molecule has 1 aliphatic heterocycles. The molecule has 2 heterocycles. The minimum Gasteiger partial charge on any atom is -0.373 e. The fourth-order valence-electron chi connectivity index (χ4n) is 4.40. The normalized spacial score (nSPS) is 20.1. The van der Waals surface area contributed by atoms with E-state index in [0.717, 1.165) is 23.0 Å². The molecule has 1 N–H and O–H groups in total. The maximum atomic E-state index is 13.2. The van der Waals surface area contributed by atoms with Crippen LogP contribution in [0.1, 0.15) is 49.5 Å². The predicted octanol–water partition coefficient (Wildman–Crippen LogP) is 3.55. The molecule has 1 amide bonds. The van der Waals surface area contributed by atoms with Gasteiger partial charge in [0.15, 0.2) is 0 Å². The number of aromatic nitrogens is 2. The van der Waals surface area contributed by atoms with Gasteiger partial charge in [0.2, 0.25) is 5.91 Å². The molecule has 1 aliphatic carbocycles. The average molecular weight is 397 g/mol. The third-order valence-electron chi connectivity index (χ3n) is 6.07. The number of nitrogens with one attached hydrogen (secondary N) is 1. The first-order valence-electron chi connectivity index (χ1n) is 10.4. The summed E-state index contributed by atoms with van der Waals surface area (Å²) >= 11 is 0. The van der Waals surface area contributed by atoms with Crippen LogP contribution < -0.4 is 10.2 Å². The largest absolute Gasteiger partial charge is 0.373 e. The summed E-state index contributed by atoms with van der Waals surface area (Å²) in [6, 6.07) is 8.61. The van der Waals surface area contributed by atoms with Crippen LogP contribution in [0.3, 0.4) is 0 Å². The van der Waals surface area contributed by atoms with Gasteiger partial charge in [0.05, 0.1) is 12.2 Å². The van der Waals surface area contributed by atoms with Gasteiger partial charge in [-0.1, -0.05) is 12.8 Å². The molecule has 2 fully saturated rings. The second kappa shape index (κ2) is 8.45. The fourth-order valence-corrected chi connectivity index (χ4v) is 4.40. The maximum Gasteiger partial charge on any atom is 0.227 e. The first-order valence-corrected chi connectivity index (χ1v) is 10.4. The SMILES string of the molecule is CNc1cc([C@@H]2CC(=O)N(c3ccc(F)cc3)C2)nc(CN(C)C2CCCC2)n1. The summed E-state index contributed by atoms with van der Waals surface area (Å²) in [5.41, 5.74) is 1.61. The van der Waals surface area contributed by atoms with Gasteiger partial charge in [0.25, 0.3) is 0 Å². The lowest BCUT2D eigenvalue weighted by Gasteiger charge is -2.23. The highest BCUT2D eigenvalue weighted by molar-refractivity contribution is 5.96. The molecule has 2 aromatic rings. The van der Waals surface area contributed by atoms with Crippen LogP contribution in [-0.2, 0) is 11.3 Å². The van der Waals surface area contributed by atoms with Crippen LogP contribution >= 0.6 is 0 Å². The topological polar surface area (TPSA) is 61.4 Å². The molecule has 1 aromatic heterocycles. The molecule has 1 atom stereocenters. The number of carbonyl (C=O) groups excluding carboxylic acids is 1. The molecule has 0 spiro atoms. The molecule has 0 unspecified atom stereocenters. The number of rotatable bonds is 6. The van der Waals surface area contributed by atoms with Gasteiger partial charge < -0.3 is 10.2 Å². The lowest BCUT2D eigenvalue weighted by Crippen LogP contribution is -2.29. The molecule has 7 heteroatoms. The van der Waals surface area contributed by atoms with Crippen LogP contribution in [0.4, 0.5) is 15.9 Å². The van der Waals surface area contributed by atoms with Gasteiger partial charge in [-0.05, 0) is 44.2 Å². The van der Waals surface area contributed by atoms with Crippen LogP contribution in [-0.4, -0.2) is 47.5 Å². The second-order valence-corrected chi connectivity index (χ2v) is 8.08. The Balaban J connectivity index is 1.53. The molecule has 0 radical (unpaired) electrons. The van der Waals surface area contributed by atoms with Gasteiger partial charge in [-0.3, -0.25) is 9.69 Å². The zero-order chi connectivity index (χ0) is 20.4. The fraction of sp³-hybridized carbons (Fsp3) is 0.500. The summed E-state index contributed by atoms with van der Waals surface area (Å²) in [7, 11) is 3.99. The monoisotopic (exact) mass is 397 g/mol. The molecule has 154 valence electrons. The Kier molecular flexibility index (Phi) is 5.76. The summed E-state index contributed by atoms with van der Waals surface area (Å²) in [4.78, 5) is 26.1. The van der Waals surface area contributed by atoms with Crippen LogP contribution in [0, 0.1) is 5.82 Å². The Morgan fingerprint density at radius 3 is 2.62 bits per heavy atom. The van der Waals surface area contributed by atoms with E-state index in [1.807, 2.05) is 13.1 Å². The van der Waals surface area contributed by atoms with Gasteiger partial charge in [0.1, 0.15) is 17.5 Å². The van der Waals surface area contributed by atoms with E-state index in [1.165, 1.54) is 37.8 Å². The summed E-state index contributed by atoms with van der Waals surface area (Å²) in [6.07, 6.45) is 5.45. The van der Waals surface area contributed by atoms with Crippen molar-refractivity contribution in [2.45, 2.75) is 50.6 Å². The Morgan fingerprint density at radius 1 is 1.21 bits per heavy atom. The molecule has 29 heavy (non-hydrogen) atoms. The van der Waals surface area contributed by atoms with Gasteiger partial charge in [-0.25, -0.2) is 14.4 Å². The van der Waals surface area contributed by atoms with Crippen LogP contribution in [0.25, 0.3) is 0 Å². The van der Waals surface area contributed by atoms with Gasteiger partial charge in [0, 0.05) is 43.7 Å². The lowest BCUT2D eigenvalue weighted by molar-refractivity contribution is -0.117. The van der Waals surface area contributed by atoms with Crippen molar-refractivity contribution in [3.05, 3.63) is 47.7 Å². The van der Waals surface area contributed by atoms with E-state index in [9.17, 15) is 9.18 Å². The van der Waals surface area contributed by atoms with E-state index in [0.29, 0.717) is 25.6 Å². The van der Waals surface area contributed by atoms with E-state index < -0.39 is 0 Å². The van der Waals surface area contributed by atoms with Crippen molar-refractivity contribution in [3.8, 4) is 0 Å². The summed E-state index contributed by atoms with van der Waals surface area (Å²) in [5, 5.41) is 3.12. The van der Waals surface area contributed by atoms with Crippen LogP contribution in [0.5, 0.6) is 0 Å². The molecule has 1 saturated heterocycles. The van der Waals surface area contributed by atoms with Crippen LogP contribution in [0.2, 0.25) is 0 Å². The zero-order valence-electron chi connectivity index (χ0n) is 17.1. The number of nitrogens with zero attached hydrogens (tertiary/aromatic N) is 4. The maximum absolute atomic E-state index is 13.2. The Hall–Kier alpha value is -2.54. The van der Waals surface area contributed by atoms with Gasteiger partial charge in [-0.15, -0.1) is 0 Å². The molecular weight excluding hydrogens is 369 g/mol. The third-order valence-corrected chi connectivity index (χ3v) is 6.07. The van der Waals surface area contributed by atoms with E-state index >= 15 is 0 Å². The average Bonchev–Trinajstić information content (AvgIpc) is 3.38. The number of halogens is 1. The molecule has 0 bridgehead atoms. The van der Waals surface area contributed by atoms with Gasteiger partial charge in [-0.2, -0.15) is 0 Å². The van der Waals surface area contributed by atoms with Crippen molar-refractivity contribution in [1.82, 2.24) is 14.9 Å². The van der Waals surface area contributed by atoms with E-state index in [-0.39, 0.29) is 17.6 Å². The molecule has 1 saturated carbocycles. The number of hydrogen-bond donors (Lipinski definition) is 1. The smallest absolute Gasteiger partial charge is 0.227 e. The van der Waals surface area contributed by atoms with Crippen molar-refractivity contribution >= 4 is 17.4 Å². The highest BCUT2D eigenvalue weighted by atomic mass is 19.1. The Labute approximate surface area is 171 Å². The zero-order valence-corrected chi connectivity index (χ0v) is 17.1. The molecule has 4 rings (SSSR count). The number of carbonyl (C=O) groups is 1. The summed E-state index contributed by atoms with van der Waals surface area (Å²) in [6.45, 7) is 1.25. The molecular formula is C22H28FN5O. The first kappa shape index (κ1) is 19.8. The van der Waals surface area contributed by atoms with Crippen molar-refractivity contribution in [2.75, 3.05) is 30.9 Å². The quantitative estimate of drug-likeness (QED) is 0.808. The van der Waals surface area contributed by atoms with E-state index in [2.05, 4.69) is 22.2 Å². The number of anilines is 2. The molecule has 6 nitrogen and oxygen atoms in total. The molecule has 2 aliphatic rings. The minimum absolute atomic E-state index is 0.00168.